The second-order valence-electron chi connectivity index (χ2n) is 5.11. The molecule has 2 aliphatic rings. The standard InChI is InChI=1S/C14H17NO3/c1-9-11(13(16)17-2)7-10-5-3-4-6-14(8-18-14)12(10)15-9/h7H,3-6,8H2,1-2H3. The Hall–Kier alpha value is -1.42. The number of hydrogen-bond donors (Lipinski definition) is 0. The molecule has 1 spiro atoms. The molecule has 18 heavy (non-hydrogen) atoms. The van der Waals surface area contributed by atoms with Gasteiger partial charge in [0.25, 0.3) is 0 Å². The summed E-state index contributed by atoms with van der Waals surface area (Å²) in [4.78, 5) is 16.3. The first kappa shape index (κ1) is 11.7. The van der Waals surface area contributed by atoms with Crippen molar-refractivity contribution in [3.8, 4) is 0 Å². The van der Waals surface area contributed by atoms with Crippen molar-refractivity contribution in [1.82, 2.24) is 4.98 Å². The Morgan fingerprint density at radius 1 is 1.50 bits per heavy atom. The summed E-state index contributed by atoms with van der Waals surface area (Å²) in [5.74, 6) is -0.308. The molecule has 0 aromatic carbocycles. The monoisotopic (exact) mass is 247 g/mol. The Bertz CT molecular complexity index is 506. The molecule has 4 nitrogen and oxygen atoms in total. The average molecular weight is 247 g/mol. The van der Waals surface area contributed by atoms with E-state index < -0.39 is 0 Å². The van der Waals surface area contributed by atoms with Gasteiger partial charge in [-0.3, -0.25) is 4.98 Å². The molecule has 1 fully saturated rings. The number of carbonyl (C=O) groups excluding carboxylic acids is 1. The fraction of sp³-hybridized carbons (Fsp3) is 0.571. The van der Waals surface area contributed by atoms with Crippen molar-refractivity contribution < 1.29 is 14.3 Å². The van der Waals surface area contributed by atoms with Gasteiger partial charge in [-0.25, -0.2) is 4.79 Å². The number of esters is 1. The van der Waals surface area contributed by atoms with E-state index in [0.717, 1.165) is 49.2 Å². The highest BCUT2D eigenvalue weighted by molar-refractivity contribution is 5.90. The van der Waals surface area contributed by atoms with Crippen LogP contribution in [-0.4, -0.2) is 24.7 Å². The summed E-state index contributed by atoms with van der Waals surface area (Å²) in [5.41, 5.74) is 3.36. The number of nitrogens with zero attached hydrogens (tertiary/aromatic N) is 1. The summed E-state index contributed by atoms with van der Waals surface area (Å²) in [6.45, 7) is 2.62. The fourth-order valence-corrected chi connectivity index (χ4v) is 2.76. The predicted molar refractivity (Wildman–Crippen MR) is 65.5 cm³/mol. The van der Waals surface area contributed by atoms with Gasteiger partial charge in [0, 0.05) is 0 Å². The summed E-state index contributed by atoms with van der Waals surface area (Å²) in [5, 5.41) is 0. The van der Waals surface area contributed by atoms with Crippen molar-refractivity contribution in [2.75, 3.05) is 13.7 Å². The SMILES string of the molecule is COC(=O)c1cc2c(nc1C)C1(CCCC2)CO1. The molecule has 1 unspecified atom stereocenters. The Morgan fingerprint density at radius 2 is 2.28 bits per heavy atom. The third-order valence-corrected chi connectivity index (χ3v) is 3.90. The smallest absolute Gasteiger partial charge is 0.339 e. The molecule has 0 radical (unpaired) electrons. The van der Waals surface area contributed by atoms with Crippen molar-refractivity contribution in [2.24, 2.45) is 0 Å². The zero-order valence-corrected chi connectivity index (χ0v) is 10.8. The maximum Gasteiger partial charge on any atom is 0.339 e. The summed E-state index contributed by atoms with van der Waals surface area (Å²) in [6, 6.07) is 1.94. The fourth-order valence-electron chi connectivity index (χ4n) is 2.76. The van der Waals surface area contributed by atoms with Gasteiger partial charge in [0.1, 0.15) is 5.60 Å². The van der Waals surface area contributed by atoms with Crippen LogP contribution in [0.3, 0.4) is 0 Å². The normalized spacial score (nSPS) is 25.4. The van der Waals surface area contributed by atoms with Gasteiger partial charge in [0.2, 0.25) is 0 Å². The molecule has 1 atom stereocenters. The largest absolute Gasteiger partial charge is 0.465 e. The lowest BCUT2D eigenvalue weighted by molar-refractivity contribution is 0.0599. The number of pyridine rings is 1. The third kappa shape index (κ3) is 1.72. The van der Waals surface area contributed by atoms with Crippen molar-refractivity contribution in [3.63, 3.8) is 0 Å². The third-order valence-electron chi connectivity index (χ3n) is 3.90. The number of methoxy groups -OCH3 is 1. The van der Waals surface area contributed by atoms with Crippen LogP contribution < -0.4 is 0 Å². The summed E-state index contributed by atoms with van der Waals surface area (Å²) < 4.78 is 10.4. The first-order valence-corrected chi connectivity index (χ1v) is 6.39. The van der Waals surface area contributed by atoms with E-state index in [1.165, 1.54) is 7.11 Å². The second kappa shape index (κ2) is 4.05. The van der Waals surface area contributed by atoms with Gasteiger partial charge in [0.15, 0.2) is 0 Å². The van der Waals surface area contributed by atoms with Crippen molar-refractivity contribution in [1.29, 1.82) is 0 Å². The molecule has 1 saturated heterocycles. The van der Waals surface area contributed by atoms with Gasteiger partial charge in [-0.1, -0.05) is 0 Å². The van der Waals surface area contributed by atoms with Crippen molar-refractivity contribution in [3.05, 3.63) is 28.6 Å². The second-order valence-corrected chi connectivity index (χ2v) is 5.11. The summed E-state index contributed by atoms with van der Waals surface area (Å²) in [7, 11) is 1.40. The molecule has 3 rings (SSSR count). The van der Waals surface area contributed by atoms with Crippen LogP contribution in [0.15, 0.2) is 6.07 Å². The molecule has 1 aliphatic carbocycles. The highest BCUT2D eigenvalue weighted by atomic mass is 16.6. The average Bonchev–Trinajstić information content (AvgIpc) is 3.17. The number of ether oxygens (including phenoxy) is 2. The molecule has 0 saturated carbocycles. The Morgan fingerprint density at radius 3 is 2.94 bits per heavy atom. The lowest BCUT2D eigenvalue weighted by atomic mass is 9.97. The molecule has 1 aromatic heterocycles. The van der Waals surface area contributed by atoms with E-state index in [0.29, 0.717) is 5.56 Å². The number of aryl methyl sites for hydroxylation is 2. The lowest BCUT2D eigenvalue weighted by Crippen LogP contribution is -2.16. The van der Waals surface area contributed by atoms with Crippen LogP contribution in [0.2, 0.25) is 0 Å². The minimum absolute atomic E-state index is 0.148. The molecular formula is C14H17NO3. The summed E-state index contributed by atoms with van der Waals surface area (Å²) >= 11 is 0. The number of hydrogen-bond acceptors (Lipinski definition) is 4. The maximum absolute atomic E-state index is 11.7. The van der Waals surface area contributed by atoms with Crippen LogP contribution in [-0.2, 0) is 21.5 Å². The van der Waals surface area contributed by atoms with Crippen LogP contribution in [0.1, 0.15) is 46.6 Å². The van der Waals surface area contributed by atoms with E-state index in [-0.39, 0.29) is 11.6 Å². The molecule has 0 bridgehead atoms. The van der Waals surface area contributed by atoms with E-state index in [2.05, 4.69) is 4.98 Å². The number of fused-ring (bicyclic) bond motifs is 2. The van der Waals surface area contributed by atoms with Crippen LogP contribution in [0, 0.1) is 6.92 Å². The topological polar surface area (TPSA) is 51.7 Å². The van der Waals surface area contributed by atoms with E-state index in [1.807, 2.05) is 13.0 Å². The van der Waals surface area contributed by atoms with Crippen LogP contribution in [0.25, 0.3) is 0 Å². The van der Waals surface area contributed by atoms with E-state index in [9.17, 15) is 4.79 Å². The zero-order chi connectivity index (χ0) is 12.8. The molecule has 96 valence electrons. The van der Waals surface area contributed by atoms with E-state index in [4.69, 9.17) is 9.47 Å². The number of rotatable bonds is 1. The van der Waals surface area contributed by atoms with Crippen molar-refractivity contribution >= 4 is 5.97 Å². The van der Waals surface area contributed by atoms with Gasteiger partial charge >= 0.3 is 5.97 Å². The molecule has 4 heteroatoms. The van der Waals surface area contributed by atoms with Crippen LogP contribution in [0.5, 0.6) is 0 Å². The van der Waals surface area contributed by atoms with Crippen LogP contribution >= 0.6 is 0 Å². The van der Waals surface area contributed by atoms with Crippen molar-refractivity contribution in [2.45, 2.75) is 38.2 Å². The Labute approximate surface area is 106 Å². The predicted octanol–water partition coefficient (Wildman–Crippen LogP) is 2.13. The zero-order valence-electron chi connectivity index (χ0n) is 10.8. The number of carbonyl (C=O) groups is 1. The summed E-state index contributed by atoms with van der Waals surface area (Å²) in [6.07, 6.45) is 4.30. The first-order chi connectivity index (χ1) is 8.66. The van der Waals surface area contributed by atoms with E-state index in [1.54, 1.807) is 0 Å². The minimum atomic E-state index is -0.308. The minimum Gasteiger partial charge on any atom is -0.465 e. The quantitative estimate of drug-likeness (QED) is 0.563. The van der Waals surface area contributed by atoms with E-state index >= 15 is 0 Å². The Balaban J connectivity index is 2.10. The molecule has 1 aromatic rings. The molecule has 2 heterocycles. The first-order valence-electron chi connectivity index (χ1n) is 6.39. The van der Waals surface area contributed by atoms with Gasteiger partial charge < -0.3 is 9.47 Å². The maximum atomic E-state index is 11.7. The molecule has 1 aliphatic heterocycles. The number of epoxide rings is 1. The Kier molecular flexibility index (Phi) is 2.63. The van der Waals surface area contributed by atoms with Gasteiger partial charge in [-0.2, -0.15) is 0 Å². The molecule has 0 amide bonds. The van der Waals surface area contributed by atoms with Crippen LogP contribution in [0.4, 0.5) is 0 Å². The lowest BCUT2D eigenvalue weighted by Gasteiger charge is -2.14. The van der Waals surface area contributed by atoms with Gasteiger partial charge in [-0.05, 0) is 44.2 Å². The van der Waals surface area contributed by atoms with Gasteiger partial charge in [0.05, 0.1) is 30.7 Å². The highest BCUT2D eigenvalue weighted by Gasteiger charge is 2.49. The highest BCUT2D eigenvalue weighted by Crippen LogP contribution is 2.46. The van der Waals surface area contributed by atoms with Gasteiger partial charge in [-0.15, -0.1) is 0 Å². The number of aromatic nitrogens is 1. The molecule has 0 N–H and O–H groups in total. The molecular weight excluding hydrogens is 230 g/mol.